The fraction of sp³-hybridized carbons (Fsp3) is 0.417. The van der Waals surface area contributed by atoms with Crippen LogP contribution in [0.1, 0.15) is 11.1 Å². The lowest BCUT2D eigenvalue weighted by atomic mass is 10.2. The monoisotopic (exact) mass is 371 g/mol. The standard InChI is InChI=1S/C12H13BrF3NO2S/c1-7-4-10(8(2)3-9(7)13)20-5-11(18)17-19-6-12(14,15)16/h3-4H,5-6H2,1-2H3,(H,17,18). The third kappa shape index (κ3) is 6.15. The van der Waals surface area contributed by atoms with Crippen molar-refractivity contribution >= 4 is 33.6 Å². The highest BCUT2D eigenvalue weighted by Crippen LogP contribution is 2.28. The van der Waals surface area contributed by atoms with Crippen molar-refractivity contribution in [2.45, 2.75) is 24.9 Å². The van der Waals surface area contributed by atoms with Crippen LogP contribution in [-0.2, 0) is 9.63 Å². The molecule has 0 bridgehead atoms. The Morgan fingerprint density at radius 1 is 1.35 bits per heavy atom. The Labute approximate surface area is 127 Å². The maximum absolute atomic E-state index is 11.8. The van der Waals surface area contributed by atoms with E-state index in [-0.39, 0.29) is 5.75 Å². The molecule has 1 amide bonds. The Morgan fingerprint density at radius 3 is 2.60 bits per heavy atom. The van der Waals surface area contributed by atoms with Crippen molar-refractivity contribution in [2.75, 3.05) is 12.4 Å². The molecule has 1 aromatic rings. The van der Waals surface area contributed by atoms with E-state index in [0.29, 0.717) is 0 Å². The minimum absolute atomic E-state index is 0.0141. The van der Waals surface area contributed by atoms with Crippen molar-refractivity contribution in [3.8, 4) is 0 Å². The third-order valence-electron chi connectivity index (χ3n) is 2.24. The highest BCUT2D eigenvalue weighted by Gasteiger charge is 2.28. The molecule has 1 rings (SSSR count). The SMILES string of the molecule is Cc1cc(SCC(=O)NOCC(F)(F)F)c(C)cc1Br. The Balaban J connectivity index is 2.43. The van der Waals surface area contributed by atoms with E-state index < -0.39 is 18.7 Å². The largest absolute Gasteiger partial charge is 0.414 e. The van der Waals surface area contributed by atoms with E-state index in [1.165, 1.54) is 11.8 Å². The van der Waals surface area contributed by atoms with Crippen LogP contribution in [0.3, 0.4) is 0 Å². The number of amides is 1. The second kappa shape index (κ2) is 7.33. The zero-order valence-corrected chi connectivity index (χ0v) is 13.2. The maximum atomic E-state index is 11.8. The molecular formula is C12H13BrF3NO2S. The van der Waals surface area contributed by atoms with E-state index in [1.54, 1.807) is 5.48 Å². The molecule has 0 unspecified atom stereocenters. The van der Waals surface area contributed by atoms with Crippen LogP contribution in [0.5, 0.6) is 0 Å². The van der Waals surface area contributed by atoms with Gasteiger partial charge < -0.3 is 0 Å². The van der Waals surface area contributed by atoms with Gasteiger partial charge in [-0.15, -0.1) is 11.8 Å². The number of halogens is 4. The first-order chi connectivity index (χ1) is 9.19. The predicted molar refractivity (Wildman–Crippen MR) is 74.5 cm³/mol. The van der Waals surface area contributed by atoms with Crippen molar-refractivity contribution in [3.63, 3.8) is 0 Å². The van der Waals surface area contributed by atoms with Gasteiger partial charge in [0.2, 0.25) is 0 Å². The lowest BCUT2D eigenvalue weighted by Crippen LogP contribution is -2.30. The lowest BCUT2D eigenvalue weighted by Gasteiger charge is -2.10. The molecule has 1 aromatic carbocycles. The van der Waals surface area contributed by atoms with Crippen LogP contribution in [-0.4, -0.2) is 24.4 Å². The number of rotatable bonds is 5. The van der Waals surface area contributed by atoms with Crippen molar-refractivity contribution in [1.29, 1.82) is 0 Å². The fourth-order valence-corrected chi connectivity index (χ4v) is 2.63. The third-order valence-corrected chi connectivity index (χ3v) is 4.25. The van der Waals surface area contributed by atoms with Gasteiger partial charge in [-0.25, -0.2) is 5.48 Å². The van der Waals surface area contributed by atoms with Crippen molar-refractivity contribution < 1.29 is 22.8 Å². The molecule has 0 aromatic heterocycles. The first kappa shape index (κ1) is 17.3. The molecule has 0 heterocycles. The second-order valence-corrected chi connectivity index (χ2v) is 5.96. The number of hydrogen-bond acceptors (Lipinski definition) is 3. The molecule has 1 N–H and O–H groups in total. The number of aryl methyl sites for hydroxylation is 2. The number of hydrogen-bond donors (Lipinski definition) is 1. The summed E-state index contributed by atoms with van der Waals surface area (Å²) in [4.78, 5) is 16.3. The smallest absolute Gasteiger partial charge is 0.272 e. The molecule has 3 nitrogen and oxygen atoms in total. The molecule has 0 saturated carbocycles. The normalized spacial score (nSPS) is 11.5. The van der Waals surface area contributed by atoms with E-state index in [0.717, 1.165) is 20.5 Å². The molecule has 0 aliphatic carbocycles. The summed E-state index contributed by atoms with van der Waals surface area (Å²) in [5.74, 6) is -0.626. The van der Waals surface area contributed by atoms with Gasteiger partial charge >= 0.3 is 6.18 Å². The molecule has 0 atom stereocenters. The van der Waals surface area contributed by atoms with E-state index in [1.807, 2.05) is 26.0 Å². The van der Waals surface area contributed by atoms with Crippen LogP contribution < -0.4 is 5.48 Å². The summed E-state index contributed by atoms with van der Waals surface area (Å²) in [7, 11) is 0. The minimum Gasteiger partial charge on any atom is -0.272 e. The first-order valence-corrected chi connectivity index (χ1v) is 7.34. The van der Waals surface area contributed by atoms with Gasteiger partial charge in [-0.3, -0.25) is 9.63 Å². The van der Waals surface area contributed by atoms with Gasteiger partial charge in [0, 0.05) is 9.37 Å². The van der Waals surface area contributed by atoms with Gasteiger partial charge in [0.15, 0.2) is 6.61 Å². The van der Waals surface area contributed by atoms with Gasteiger partial charge in [-0.1, -0.05) is 15.9 Å². The van der Waals surface area contributed by atoms with Gasteiger partial charge in [-0.05, 0) is 37.1 Å². The van der Waals surface area contributed by atoms with Crippen LogP contribution in [0, 0.1) is 13.8 Å². The Hall–Kier alpha value is -0.730. The minimum atomic E-state index is -4.46. The number of carbonyl (C=O) groups is 1. The Bertz CT molecular complexity index is 494. The number of nitrogens with one attached hydrogen (secondary N) is 1. The molecule has 0 aliphatic heterocycles. The van der Waals surface area contributed by atoms with Crippen LogP contribution in [0.2, 0.25) is 0 Å². The summed E-state index contributed by atoms with van der Waals surface area (Å²) < 4.78 is 36.4. The van der Waals surface area contributed by atoms with E-state index >= 15 is 0 Å². The second-order valence-electron chi connectivity index (χ2n) is 4.08. The molecule has 0 fully saturated rings. The van der Waals surface area contributed by atoms with E-state index in [4.69, 9.17) is 0 Å². The summed E-state index contributed by atoms with van der Waals surface area (Å²) in [5.41, 5.74) is 3.77. The quantitative estimate of drug-likeness (QED) is 0.632. The summed E-state index contributed by atoms with van der Waals surface area (Å²) in [6.07, 6.45) is -4.46. The number of benzene rings is 1. The molecular weight excluding hydrogens is 359 g/mol. The van der Waals surface area contributed by atoms with Crippen LogP contribution in [0.25, 0.3) is 0 Å². The molecule has 8 heteroatoms. The molecule has 112 valence electrons. The number of thioether (sulfide) groups is 1. The molecule has 0 saturated heterocycles. The highest BCUT2D eigenvalue weighted by molar-refractivity contribution is 9.10. The maximum Gasteiger partial charge on any atom is 0.414 e. The van der Waals surface area contributed by atoms with Crippen molar-refractivity contribution in [1.82, 2.24) is 5.48 Å². The number of alkyl halides is 3. The molecule has 0 spiro atoms. The summed E-state index contributed by atoms with van der Waals surface area (Å²) in [6.45, 7) is 2.31. The average molecular weight is 372 g/mol. The van der Waals surface area contributed by atoms with Crippen LogP contribution >= 0.6 is 27.7 Å². The van der Waals surface area contributed by atoms with E-state index in [9.17, 15) is 18.0 Å². The van der Waals surface area contributed by atoms with Crippen molar-refractivity contribution in [3.05, 3.63) is 27.7 Å². The summed E-state index contributed by atoms with van der Waals surface area (Å²) in [6, 6.07) is 3.84. The zero-order chi connectivity index (χ0) is 15.3. The van der Waals surface area contributed by atoms with Gasteiger partial charge in [0.1, 0.15) is 0 Å². The number of carbonyl (C=O) groups excluding carboxylic acids is 1. The average Bonchev–Trinajstić information content (AvgIpc) is 2.30. The van der Waals surface area contributed by atoms with E-state index in [2.05, 4.69) is 20.8 Å². The van der Waals surface area contributed by atoms with Gasteiger partial charge in [0.05, 0.1) is 5.75 Å². The molecule has 20 heavy (non-hydrogen) atoms. The predicted octanol–water partition coefficient (Wildman–Crippen LogP) is 3.77. The van der Waals surface area contributed by atoms with Crippen molar-refractivity contribution in [2.24, 2.45) is 0 Å². The first-order valence-electron chi connectivity index (χ1n) is 5.56. The Morgan fingerprint density at radius 2 is 2.00 bits per heavy atom. The fourth-order valence-electron chi connectivity index (χ4n) is 1.28. The highest BCUT2D eigenvalue weighted by atomic mass is 79.9. The zero-order valence-electron chi connectivity index (χ0n) is 10.8. The summed E-state index contributed by atoms with van der Waals surface area (Å²) >= 11 is 4.64. The lowest BCUT2D eigenvalue weighted by molar-refractivity contribution is -0.191. The summed E-state index contributed by atoms with van der Waals surface area (Å²) in [5, 5.41) is 0. The van der Waals surface area contributed by atoms with Gasteiger partial charge in [-0.2, -0.15) is 13.2 Å². The topological polar surface area (TPSA) is 38.3 Å². The van der Waals surface area contributed by atoms with Crippen LogP contribution in [0.4, 0.5) is 13.2 Å². The molecule has 0 aliphatic rings. The Kier molecular flexibility index (Phi) is 6.35. The molecule has 0 radical (unpaired) electrons. The van der Waals surface area contributed by atoms with Crippen LogP contribution in [0.15, 0.2) is 21.5 Å². The van der Waals surface area contributed by atoms with Gasteiger partial charge in [0.25, 0.3) is 5.91 Å². The number of hydroxylamine groups is 1.